The van der Waals surface area contributed by atoms with Gasteiger partial charge < -0.3 is 0 Å². The predicted octanol–water partition coefficient (Wildman–Crippen LogP) is 4.30. The fraction of sp³-hybridized carbons (Fsp3) is 0.235. The Labute approximate surface area is 153 Å². The van der Waals surface area contributed by atoms with Crippen LogP contribution in [-0.2, 0) is 22.6 Å². The minimum Gasteiger partial charge on any atom is -0.293 e. The summed E-state index contributed by atoms with van der Waals surface area (Å²) in [4.78, 5) is 12.5. The molecule has 0 spiro atoms. The maximum Gasteiger partial charge on any atom is 0.418 e. The zero-order valence-corrected chi connectivity index (χ0v) is 14.8. The van der Waals surface area contributed by atoms with Gasteiger partial charge in [0.15, 0.2) is 5.78 Å². The number of nitrogens with one attached hydrogen (secondary N) is 1. The number of alkyl halides is 3. The number of aryl methyl sites for hydroxylation is 1. The van der Waals surface area contributed by atoms with E-state index in [4.69, 9.17) is 11.6 Å². The zero-order chi connectivity index (χ0) is 19.1. The number of anilines is 1. The van der Waals surface area contributed by atoms with Gasteiger partial charge in [-0.1, -0.05) is 35.9 Å². The lowest BCUT2D eigenvalue weighted by Crippen LogP contribution is -2.38. The molecule has 0 aliphatic heterocycles. The number of carbonyl (C=O) groups excluding carboxylic acids is 1. The number of hydrogen-bond donors (Lipinski definition) is 1. The lowest BCUT2D eigenvalue weighted by atomic mass is 9.90. The van der Waals surface area contributed by atoms with Gasteiger partial charge in [-0.3, -0.25) is 9.52 Å². The van der Waals surface area contributed by atoms with Crippen LogP contribution in [0.1, 0.15) is 27.9 Å². The van der Waals surface area contributed by atoms with Gasteiger partial charge in [-0.05, 0) is 36.6 Å². The molecule has 0 amide bonds. The van der Waals surface area contributed by atoms with E-state index in [0.29, 0.717) is 12.5 Å². The summed E-state index contributed by atoms with van der Waals surface area (Å²) in [6.45, 7) is 0. The van der Waals surface area contributed by atoms with Gasteiger partial charge in [0.05, 0.1) is 11.3 Å². The van der Waals surface area contributed by atoms with Gasteiger partial charge in [0.2, 0.25) is 10.0 Å². The topological polar surface area (TPSA) is 63.2 Å². The molecular formula is C17H13ClF3NO3S. The van der Waals surface area contributed by atoms with Crippen molar-refractivity contribution in [1.82, 2.24) is 0 Å². The average Bonchev–Trinajstić information content (AvgIpc) is 2.55. The van der Waals surface area contributed by atoms with E-state index in [1.54, 1.807) is 18.2 Å². The summed E-state index contributed by atoms with van der Waals surface area (Å²) >= 11 is 5.59. The van der Waals surface area contributed by atoms with Crippen molar-refractivity contribution in [2.75, 3.05) is 4.72 Å². The Bertz CT molecular complexity index is 973. The maximum atomic E-state index is 13.2. The molecule has 0 bridgehead atoms. The Morgan fingerprint density at radius 3 is 2.50 bits per heavy atom. The Morgan fingerprint density at radius 2 is 1.81 bits per heavy atom. The first-order valence-corrected chi connectivity index (χ1v) is 9.52. The molecule has 3 rings (SSSR count). The van der Waals surface area contributed by atoms with Crippen molar-refractivity contribution in [3.05, 3.63) is 64.2 Å². The molecule has 1 unspecified atom stereocenters. The summed E-state index contributed by atoms with van der Waals surface area (Å²) in [5, 5.41) is -1.63. The van der Waals surface area contributed by atoms with Crippen molar-refractivity contribution in [3.8, 4) is 0 Å². The Hall–Kier alpha value is -2.06. The summed E-state index contributed by atoms with van der Waals surface area (Å²) in [5.41, 5.74) is -0.863. The summed E-state index contributed by atoms with van der Waals surface area (Å²) in [6.07, 6.45) is -4.45. The van der Waals surface area contributed by atoms with Crippen LogP contribution in [0.4, 0.5) is 18.9 Å². The molecular weight excluding hydrogens is 391 g/mol. The molecule has 1 atom stereocenters. The van der Waals surface area contributed by atoms with Crippen LogP contribution in [0.25, 0.3) is 0 Å². The third-order valence-electron chi connectivity index (χ3n) is 4.16. The molecule has 138 valence electrons. The molecule has 0 fully saturated rings. The highest BCUT2D eigenvalue weighted by Gasteiger charge is 2.39. The Balaban J connectivity index is 1.95. The number of halogens is 4. The predicted molar refractivity (Wildman–Crippen MR) is 91.9 cm³/mol. The molecule has 0 saturated carbocycles. The molecule has 0 radical (unpaired) electrons. The molecule has 2 aromatic carbocycles. The highest BCUT2D eigenvalue weighted by Crippen LogP contribution is 2.37. The molecule has 26 heavy (non-hydrogen) atoms. The van der Waals surface area contributed by atoms with Crippen molar-refractivity contribution < 1.29 is 26.4 Å². The van der Waals surface area contributed by atoms with Crippen LogP contribution in [0.2, 0.25) is 5.02 Å². The first kappa shape index (κ1) is 18.7. The van der Waals surface area contributed by atoms with Crippen LogP contribution < -0.4 is 4.72 Å². The summed E-state index contributed by atoms with van der Waals surface area (Å²) < 4.78 is 66.6. The number of ketones is 1. The van der Waals surface area contributed by atoms with Crippen molar-refractivity contribution >= 4 is 33.1 Å². The number of Topliss-reactive ketones (excluding diaryl/α,β-unsaturated/α-hetero) is 1. The second-order valence-electron chi connectivity index (χ2n) is 5.88. The van der Waals surface area contributed by atoms with E-state index < -0.39 is 38.5 Å². The monoisotopic (exact) mass is 403 g/mol. The third kappa shape index (κ3) is 3.57. The van der Waals surface area contributed by atoms with E-state index in [1.807, 2.05) is 4.72 Å². The van der Waals surface area contributed by atoms with Gasteiger partial charge in [0, 0.05) is 10.6 Å². The number of benzene rings is 2. The van der Waals surface area contributed by atoms with Crippen LogP contribution in [-0.4, -0.2) is 19.5 Å². The SMILES string of the molecule is O=C1c2ccccc2CCC1S(=O)(=O)Nc1ccc(Cl)cc1C(F)(F)F. The van der Waals surface area contributed by atoms with Crippen LogP contribution in [0.15, 0.2) is 42.5 Å². The summed E-state index contributed by atoms with van der Waals surface area (Å²) in [7, 11) is -4.37. The molecule has 0 saturated heterocycles. The van der Waals surface area contributed by atoms with E-state index in [1.165, 1.54) is 6.07 Å². The van der Waals surface area contributed by atoms with Gasteiger partial charge in [-0.25, -0.2) is 8.42 Å². The summed E-state index contributed by atoms with van der Waals surface area (Å²) in [5.74, 6) is -0.623. The number of fused-ring (bicyclic) bond motifs is 1. The second-order valence-corrected chi connectivity index (χ2v) is 8.18. The standard InChI is InChI=1S/C17H13ClF3NO3S/c18-11-6-7-14(13(9-11)17(19,20)21)22-26(24,25)15-8-5-10-3-1-2-4-12(10)16(15)23/h1-4,6-7,9,15,22H,5,8H2. The smallest absolute Gasteiger partial charge is 0.293 e. The molecule has 1 N–H and O–H groups in total. The minimum absolute atomic E-state index is 0.000120. The van der Waals surface area contributed by atoms with Crippen molar-refractivity contribution in [2.24, 2.45) is 0 Å². The highest BCUT2D eigenvalue weighted by atomic mass is 35.5. The van der Waals surface area contributed by atoms with E-state index in [0.717, 1.165) is 17.7 Å². The number of sulfonamides is 1. The lowest BCUT2D eigenvalue weighted by molar-refractivity contribution is -0.136. The molecule has 1 aliphatic rings. The average molecular weight is 404 g/mol. The van der Waals surface area contributed by atoms with Crippen LogP contribution in [0.3, 0.4) is 0 Å². The van der Waals surface area contributed by atoms with E-state index in [2.05, 4.69) is 0 Å². The molecule has 1 aliphatic carbocycles. The van der Waals surface area contributed by atoms with Crippen molar-refractivity contribution in [2.45, 2.75) is 24.3 Å². The van der Waals surface area contributed by atoms with Crippen LogP contribution in [0.5, 0.6) is 0 Å². The summed E-state index contributed by atoms with van der Waals surface area (Å²) in [6, 6.07) is 9.31. The normalized spacial score (nSPS) is 17.7. The van der Waals surface area contributed by atoms with E-state index in [-0.39, 0.29) is 17.0 Å². The zero-order valence-electron chi connectivity index (χ0n) is 13.2. The number of rotatable bonds is 3. The van der Waals surface area contributed by atoms with Gasteiger partial charge >= 0.3 is 6.18 Å². The quantitative estimate of drug-likeness (QED) is 0.831. The number of hydrogen-bond acceptors (Lipinski definition) is 3. The Morgan fingerprint density at radius 1 is 1.12 bits per heavy atom. The molecule has 0 heterocycles. The van der Waals surface area contributed by atoms with Gasteiger partial charge in [-0.15, -0.1) is 0 Å². The molecule has 0 aromatic heterocycles. The van der Waals surface area contributed by atoms with Crippen LogP contribution in [0, 0.1) is 0 Å². The van der Waals surface area contributed by atoms with Crippen LogP contribution >= 0.6 is 11.6 Å². The third-order valence-corrected chi connectivity index (χ3v) is 6.10. The Kier molecular flexibility index (Phi) is 4.74. The van der Waals surface area contributed by atoms with E-state index in [9.17, 15) is 26.4 Å². The highest BCUT2D eigenvalue weighted by molar-refractivity contribution is 7.94. The lowest BCUT2D eigenvalue weighted by Gasteiger charge is -2.24. The minimum atomic E-state index is -4.80. The molecule has 2 aromatic rings. The second kappa shape index (κ2) is 6.59. The fourth-order valence-electron chi connectivity index (χ4n) is 2.93. The first-order valence-electron chi connectivity index (χ1n) is 7.60. The van der Waals surface area contributed by atoms with Gasteiger partial charge in [0.25, 0.3) is 0 Å². The molecule has 9 heteroatoms. The number of carbonyl (C=O) groups is 1. The maximum absolute atomic E-state index is 13.2. The molecule has 4 nitrogen and oxygen atoms in total. The van der Waals surface area contributed by atoms with Gasteiger partial charge in [0.1, 0.15) is 5.25 Å². The van der Waals surface area contributed by atoms with Crippen molar-refractivity contribution in [3.63, 3.8) is 0 Å². The largest absolute Gasteiger partial charge is 0.418 e. The fourth-order valence-corrected chi connectivity index (χ4v) is 4.57. The van der Waals surface area contributed by atoms with Crippen molar-refractivity contribution in [1.29, 1.82) is 0 Å². The van der Waals surface area contributed by atoms with E-state index >= 15 is 0 Å². The first-order chi connectivity index (χ1) is 12.1. The van der Waals surface area contributed by atoms with Gasteiger partial charge in [-0.2, -0.15) is 13.2 Å².